The fourth-order valence-electron chi connectivity index (χ4n) is 3.94. The summed E-state index contributed by atoms with van der Waals surface area (Å²) >= 11 is 0. The second kappa shape index (κ2) is 9.72. The van der Waals surface area contributed by atoms with Crippen LogP contribution in [0.25, 0.3) is 0 Å². The van der Waals surface area contributed by atoms with Crippen LogP contribution in [-0.4, -0.2) is 10.5 Å². The van der Waals surface area contributed by atoms with Crippen molar-refractivity contribution in [2.45, 2.75) is 80.2 Å². The molecule has 4 heteroatoms. The maximum absolute atomic E-state index is 13.3. The topological polar surface area (TPSA) is 51.1 Å². The second-order valence-electron chi connectivity index (χ2n) is 7.32. The van der Waals surface area contributed by atoms with Crippen LogP contribution in [0, 0.1) is 13.8 Å². The van der Waals surface area contributed by atoms with E-state index in [4.69, 9.17) is 0 Å². The van der Waals surface area contributed by atoms with Crippen LogP contribution >= 0.6 is 0 Å². The predicted molar refractivity (Wildman–Crippen MR) is 118 cm³/mol. The smallest absolute Gasteiger partial charge is 0.261 e. The van der Waals surface area contributed by atoms with E-state index in [9.17, 15) is 9.59 Å². The van der Waals surface area contributed by atoms with Crippen LogP contribution in [0.2, 0.25) is 0 Å². The molecule has 1 amide bonds. The quantitative estimate of drug-likeness (QED) is 0.682. The number of rotatable bonds is 8. The average molecular weight is 383 g/mol. The number of unbranched alkanes of at least 4 members (excludes halogenated alkanes) is 1. The van der Waals surface area contributed by atoms with Gasteiger partial charge in [-0.3, -0.25) is 9.59 Å². The highest BCUT2D eigenvalue weighted by Gasteiger charge is 2.22. The van der Waals surface area contributed by atoms with Crippen molar-refractivity contribution in [2.24, 2.45) is 0 Å². The highest BCUT2D eigenvalue weighted by molar-refractivity contribution is 6.06. The van der Waals surface area contributed by atoms with Gasteiger partial charge in [0.15, 0.2) is 5.43 Å². The van der Waals surface area contributed by atoms with E-state index >= 15 is 0 Å². The number of para-hydroxylation sites is 1. The summed E-state index contributed by atoms with van der Waals surface area (Å²) < 4.78 is 2.14. The number of benzene rings is 1. The van der Waals surface area contributed by atoms with Crippen molar-refractivity contribution >= 4 is 11.6 Å². The van der Waals surface area contributed by atoms with Crippen LogP contribution in [0.15, 0.2) is 23.0 Å². The molecule has 0 aliphatic heterocycles. The minimum atomic E-state index is -0.293. The van der Waals surface area contributed by atoms with Crippen LogP contribution in [0.5, 0.6) is 0 Å². The molecule has 0 unspecified atom stereocenters. The number of carbonyl (C=O) groups is 1. The number of aryl methyl sites for hydroxylation is 2. The number of aromatic nitrogens is 1. The first kappa shape index (κ1) is 21.9. The van der Waals surface area contributed by atoms with Crippen molar-refractivity contribution in [1.82, 2.24) is 4.57 Å². The molecule has 0 spiro atoms. The molecule has 1 aromatic carbocycles. The Labute approximate surface area is 169 Å². The normalized spacial score (nSPS) is 10.9. The van der Waals surface area contributed by atoms with Crippen LogP contribution in [-0.2, 0) is 25.8 Å². The zero-order valence-electron chi connectivity index (χ0n) is 18.2. The third-order valence-electron chi connectivity index (χ3n) is 5.66. The Hall–Kier alpha value is -2.36. The fourth-order valence-corrected chi connectivity index (χ4v) is 3.94. The number of amides is 1. The number of hydrogen-bond donors (Lipinski definition) is 1. The average Bonchev–Trinajstić information content (AvgIpc) is 2.68. The minimum absolute atomic E-state index is 0.130. The van der Waals surface area contributed by atoms with Gasteiger partial charge in [-0.15, -0.1) is 0 Å². The Bertz CT molecular complexity index is 888. The highest BCUT2D eigenvalue weighted by Crippen LogP contribution is 2.24. The summed E-state index contributed by atoms with van der Waals surface area (Å²) in [5.41, 5.74) is 5.69. The number of anilines is 1. The molecule has 1 heterocycles. The molecule has 0 fully saturated rings. The number of carbonyl (C=O) groups excluding carboxylic acids is 1. The van der Waals surface area contributed by atoms with E-state index in [1.54, 1.807) is 0 Å². The van der Waals surface area contributed by atoms with E-state index in [2.05, 4.69) is 30.7 Å². The Morgan fingerprint density at radius 3 is 2.07 bits per heavy atom. The summed E-state index contributed by atoms with van der Waals surface area (Å²) in [5.74, 6) is -0.293. The van der Waals surface area contributed by atoms with Crippen LogP contribution in [0.3, 0.4) is 0 Å². The van der Waals surface area contributed by atoms with Gasteiger partial charge < -0.3 is 9.88 Å². The SMILES string of the molecule is CCCCn1c(C)c(CC)c(=O)c(C(=O)Nc2c(CC)cccc2CC)c1C. The molecule has 2 rings (SSSR count). The lowest BCUT2D eigenvalue weighted by Gasteiger charge is -2.21. The highest BCUT2D eigenvalue weighted by atomic mass is 16.2. The molecule has 0 aliphatic carbocycles. The molecule has 152 valence electrons. The van der Waals surface area contributed by atoms with Gasteiger partial charge in [0.1, 0.15) is 5.56 Å². The summed E-state index contributed by atoms with van der Waals surface area (Å²) in [7, 11) is 0. The molecular weight excluding hydrogens is 348 g/mol. The lowest BCUT2D eigenvalue weighted by molar-refractivity contribution is 0.102. The number of nitrogens with zero attached hydrogens (tertiary/aromatic N) is 1. The fraction of sp³-hybridized carbons (Fsp3) is 0.500. The van der Waals surface area contributed by atoms with Crippen molar-refractivity contribution in [3.63, 3.8) is 0 Å². The Balaban J connectivity index is 2.59. The van der Waals surface area contributed by atoms with Crippen LogP contribution in [0.1, 0.15) is 79.0 Å². The van der Waals surface area contributed by atoms with Gasteiger partial charge in [0.05, 0.1) is 0 Å². The summed E-state index contributed by atoms with van der Waals surface area (Å²) in [6, 6.07) is 6.10. The van der Waals surface area contributed by atoms with Crippen molar-refractivity contribution in [1.29, 1.82) is 0 Å². The van der Waals surface area contributed by atoms with E-state index < -0.39 is 0 Å². The summed E-state index contributed by atoms with van der Waals surface area (Å²) in [4.78, 5) is 26.4. The Morgan fingerprint density at radius 2 is 1.57 bits per heavy atom. The zero-order valence-corrected chi connectivity index (χ0v) is 18.2. The monoisotopic (exact) mass is 382 g/mol. The number of hydrogen-bond acceptors (Lipinski definition) is 2. The molecule has 0 bridgehead atoms. The van der Waals surface area contributed by atoms with Gasteiger partial charge in [-0.05, 0) is 50.7 Å². The van der Waals surface area contributed by atoms with E-state index in [1.165, 1.54) is 0 Å². The van der Waals surface area contributed by atoms with Gasteiger partial charge in [0, 0.05) is 29.2 Å². The second-order valence-corrected chi connectivity index (χ2v) is 7.32. The third kappa shape index (κ3) is 4.21. The molecular formula is C24H34N2O2. The summed E-state index contributed by atoms with van der Waals surface area (Å²) in [6.45, 7) is 13.0. The maximum atomic E-state index is 13.3. The largest absolute Gasteiger partial charge is 0.348 e. The Morgan fingerprint density at radius 1 is 0.964 bits per heavy atom. The van der Waals surface area contributed by atoms with Crippen LogP contribution < -0.4 is 10.7 Å². The molecule has 1 aromatic heterocycles. The van der Waals surface area contributed by atoms with Crippen molar-refractivity contribution in [3.05, 3.63) is 62.1 Å². The Kier molecular flexibility index (Phi) is 7.61. The first-order chi connectivity index (χ1) is 13.4. The first-order valence-corrected chi connectivity index (χ1v) is 10.6. The van der Waals surface area contributed by atoms with E-state index in [1.807, 2.05) is 39.0 Å². The molecule has 0 radical (unpaired) electrons. The number of nitrogens with one attached hydrogen (secondary N) is 1. The zero-order chi connectivity index (χ0) is 20.8. The lowest BCUT2D eigenvalue weighted by atomic mass is 10.0. The number of pyridine rings is 1. The van der Waals surface area contributed by atoms with Crippen molar-refractivity contribution < 1.29 is 4.79 Å². The summed E-state index contributed by atoms with van der Waals surface area (Å²) in [5, 5.41) is 3.08. The molecule has 4 nitrogen and oxygen atoms in total. The van der Waals surface area contributed by atoms with E-state index in [-0.39, 0.29) is 16.9 Å². The molecule has 2 aromatic rings. The van der Waals surface area contributed by atoms with Crippen LogP contribution in [0.4, 0.5) is 5.69 Å². The van der Waals surface area contributed by atoms with Gasteiger partial charge in [-0.2, -0.15) is 0 Å². The van der Waals surface area contributed by atoms with Gasteiger partial charge in [0.25, 0.3) is 5.91 Å². The molecule has 0 aliphatic rings. The molecule has 0 saturated carbocycles. The third-order valence-corrected chi connectivity index (χ3v) is 5.66. The molecule has 1 N–H and O–H groups in total. The van der Waals surface area contributed by atoms with Crippen molar-refractivity contribution in [2.75, 3.05) is 5.32 Å². The standard InChI is InChI=1S/C24H34N2O2/c1-7-11-15-26-16(5)20(10-4)23(27)21(17(26)6)24(28)25-22-18(8-2)13-12-14-19(22)9-3/h12-14H,7-11,15H2,1-6H3,(H,25,28). The first-order valence-electron chi connectivity index (χ1n) is 10.6. The van der Waals surface area contributed by atoms with Gasteiger partial charge in [-0.1, -0.05) is 52.3 Å². The minimum Gasteiger partial charge on any atom is -0.348 e. The predicted octanol–water partition coefficient (Wildman–Crippen LogP) is 5.20. The van der Waals surface area contributed by atoms with E-state index in [0.717, 1.165) is 66.0 Å². The molecule has 28 heavy (non-hydrogen) atoms. The van der Waals surface area contributed by atoms with Gasteiger partial charge >= 0.3 is 0 Å². The molecule has 0 atom stereocenters. The summed E-state index contributed by atoms with van der Waals surface area (Å²) in [6.07, 6.45) is 4.38. The lowest BCUT2D eigenvalue weighted by Crippen LogP contribution is -2.31. The molecule has 0 saturated heterocycles. The maximum Gasteiger partial charge on any atom is 0.261 e. The van der Waals surface area contributed by atoms with Gasteiger partial charge in [-0.25, -0.2) is 0 Å². The van der Waals surface area contributed by atoms with Crippen molar-refractivity contribution in [3.8, 4) is 0 Å². The van der Waals surface area contributed by atoms with E-state index in [0.29, 0.717) is 6.42 Å². The van der Waals surface area contributed by atoms with Gasteiger partial charge in [0.2, 0.25) is 0 Å².